The van der Waals surface area contributed by atoms with Crippen LogP contribution in [0.2, 0.25) is 0 Å². The van der Waals surface area contributed by atoms with Gasteiger partial charge < -0.3 is 24.2 Å². The van der Waals surface area contributed by atoms with Crippen molar-refractivity contribution in [2.45, 2.75) is 52.1 Å². The first-order chi connectivity index (χ1) is 11.7. The van der Waals surface area contributed by atoms with Gasteiger partial charge in [-0.3, -0.25) is 4.98 Å². The first-order valence-corrected chi connectivity index (χ1v) is 8.58. The SMILES string of the molecule is CCOC(OCC)c1ccc(C2(O)CN(C(=O)OC(C)(C)C)C2)nc1. The zero-order chi connectivity index (χ0) is 18.7. The monoisotopic (exact) mass is 352 g/mol. The zero-order valence-corrected chi connectivity index (χ0v) is 15.6. The molecule has 25 heavy (non-hydrogen) atoms. The minimum atomic E-state index is -1.15. The molecule has 0 spiro atoms. The van der Waals surface area contributed by atoms with Crippen molar-refractivity contribution in [3.05, 3.63) is 29.6 Å². The van der Waals surface area contributed by atoms with E-state index in [1.165, 1.54) is 4.90 Å². The molecule has 1 amide bonds. The molecule has 1 aromatic heterocycles. The molecule has 140 valence electrons. The molecule has 7 heteroatoms. The molecule has 1 aliphatic rings. The standard InChI is InChI=1S/C18H28N2O5/c1-6-23-15(24-7-2)13-8-9-14(19-10-13)18(22)11-20(12-18)16(21)25-17(3,4)5/h8-10,15,22H,6-7,11-12H2,1-5H3. The fourth-order valence-electron chi connectivity index (χ4n) is 2.57. The smallest absolute Gasteiger partial charge is 0.410 e. The largest absolute Gasteiger partial charge is 0.444 e. The minimum Gasteiger partial charge on any atom is -0.444 e. The van der Waals surface area contributed by atoms with Gasteiger partial charge in [0.05, 0.1) is 18.8 Å². The number of hydrogen-bond donors (Lipinski definition) is 1. The van der Waals surface area contributed by atoms with E-state index in [9.17, 15) is 9.90 Å². The highest BCUT2D eigenvalue weighted by Gasteiger charge is 2.47. The van der Waals surface area contributed by atoms with Gasteiger partial charge in [0.1, 0.15) is 11.2 Å². The molecule has 1 aliphatic heterocycles. The van der Waals surface area contributed by atoms with Gasteiger partial charge in [0, 0.05) is 25.0 Å². The Morgan fingerprint density at radius 2 is 1.88 bits per heavy atom. The van der Waals surface area contributed by atoms with E-state index in [1.807, 2.05) is 40.7 Å². The second-order valence-corrected chi connectivity index (χ2v) is 7.09. The van der Waals surface area contributed by atoms with E-state index < -0.39 is 23.6 Å². The molecule has 1 fully saturated rings. The van der Waals surface area contributed by atoms with Crippen molar-refractivity contribution >= 4 is 6.09 Å². The number of nitrogens with zero attached hydrogens (tertiary/aromatic N) is 2. The number of ether oxygens (including phenoxy) is 3. The molecule has 0 atom stereocenters. The Labute approximate surface area is 148 Å². The summed E-state index contributed by atoms with van der Waals surface area (Å²) in [6.45, 7) is 10.6. The molecule has 1 N–H and O–H groups in total. The number of amides is 1. The molecule has 7 nitrogen and oxygen atoms in total. The van der Waals surface area contributed by atoms with Crippen LogP contribution in [0.1, 0.15) is 52.2 Å². The quantitative estimate of drug-likeness (QED) is 0.793. The summed E-state index contributed by atoms with van der Waals surface area (Å²) in [6, 6.07) is 3.57. The van der Waals surface area contributed by atoms with E-state index in [0.717, 1.165) is 5.56 Å². The van der Waals surface area contributed by atoms with Crippen molar-refractivity contribution in [2.24, 2.45) is 0 Å². The maximum Gasteiger partial charge on any atom is 0.410 e. The number of pyridine rings is 1. The van der Waals surface area contributed by atoms with Crippen LogP contribution in [-0.2, 0) is 19.8 Å². The Kier molecular flexibility index (Phi) is 6.03. The van der Waals surface area contributed by atoms with E-state index in [4.69, 9.17) is 14.2 Å². The maximum atomic E-state index is 12.0. The van der Waals surface area contributed by atoms with Crippen LogP contribution in [0.5, 0.6) is 0 Å². The van der Waals surface area contributed by atoms with Crippen LogP contribution in [0, 0.1) is 0 Å². The van der Waals surface area contributed by atoms with Gasteiger partial charge in [-0.05, 0) is 40.7 Å². The fourth-order valence-corrected chi connectivity index (χ4v) is 2.57. The van der Waals surface area contributed by atoms with E-state index in [-0.39, 0.29) is 13.1 Å². The summed E-state index contributed by atoms with van der Waals surface area (Å²) in [5.74, 6) is 0. The summed E-state index contributed by atoms with van der Waals surface area (Å²) >= 11 is 0. The lowest BCUT2D eigenvalue weighted by atomic mass is 9.90. The topological polar surface area (TPSA) is 81.1 Å². The molecular formula is C18H28N2O5. The summed E-state index contributed by atoms with van der Waals surface area (Å²) in [5.41, 5.74) is -0.400. The van der Waals surface area contributed by atoms with E-state index in [0.29, 0.717) is 18.9 Å². The van der Waals surface area contributed by atoms with Crippen LogP contribution in [0.25, 0.3) is 0 Å². The van der Waals surface area contributed by atoms with Crippen molar-refractivity contribution in [1.82, 2.24) is 9.88 Å². The molecule has 0 radical (unpaired) electrons. The van der Waals surface area contributed by atoms with Crippen LogP contribution in [0.4, 0.5) is 4.79 Å². The Bertz CT molecular complexity index is 570. The molecule has 0 bridgehead atoms. The van der Waals surface area contributed by atoms with Crippen molar-refractivity contribution in [3.63, 3.8) is 0 Å². The van der Waals surface area contributed by atoms with Crippen molar-refractivity contribution < 1.29 is 24.1 Å². The summed E-state index contributed by atoms with van der Waals surface area (Å²) in [4.78, 5) is 17.8. The molecule has 1 aromatic rings. The molecule has 0 aliphatic carbocycles. The van der Waals surface area contributed by atoms with Crippen LogP contribution in [0.15, 0.2) is 18.3 Å². The van der Waals surface area contributed by atoms with Crippen molar-refractivity contribution in [1.29, 1.82) is 0 Å². The first-order valence-electron chi connectivity index (χ1n) is 8.58. The molecule has 1 saturated heterocycles. The number of β-amino-alcohol motifs (C(OH)–C–C–N with tert-alkyl or cyclic N) is 1. The van der Waals surface area contributed by atoms with Crippen molar-refractivity contribution in [3.8, 4) is 0 Å². The highest BCUT2D eigenvalue weighted by Crippen LogP contribution is 2.32. The summed E-state index contributed by atoms with van der Waals surface area (Å²) < 4.78 is 16.4. The lowest BCUT2D eigenvalue weighted by Crippen LogP contribution is -2.62. The van der Waals surface area contributed by atoms with Gasteiger partial charge in [0.25, 0.3) is 0 Å². The number of carbonyl (C=O) groups is 1. The average Bonchev–Trinajstić information content (AvgIpc) is 2.50. The maximum absolute atomic E-state index is 12.0. The average molecular weight is 352 g/mol. The van der Waals surface area contributed by atoms with Gasteiger partial charge in [-0.25, -0.2) is 4.79 Å². The lowest BCUT2D eigenvalue weighted by Gasteiger charge is -2.45. The third-order valence-corrected chi connectivity index (χ3v) is 3.73. The predicted molar refractivity (Wildman–Crippen MR) is 91.9 cm³/mol. The van der Waals surface area contributed by atoms with Gasteiger partial charge in [0.2, 0.25) is 0 Å². The highest BCUT2D eigenvalue weighted by atomic mass is 16.7. The molecule has 0 aromatic carbocycles. The molecular weight excluding hydrogens is 324 g/mol. The van der Waals surface area contributed by atoms with E-state index >= 15 is 0 Å². The summed E-state index contributed by atoms with van der Waals surface area (Å²) in [5, 5.41) is 10.7. The molecule has 2 heterocycles. The highest BCUT2D eigenvalue weighted by molar-refractivity contribution is 5.69. The third kappa shape index (κ3) is 4.90. The second-order valence-electron chi connectivity index (χ2n) is 7.09. The van der Waals surface area contributed by atoms with Gasteiger partial charge in [0.15, 0.2) is 6.29 Å². The molecule has 2 rings (SSSR count). The van der Waals surface area contributed by atoms with E-state index in [1.54, 1.807) is 12.3 Å². The normalized spacial score (nSPS) is 16.7. The number of carbonyl (C=O) groups excluding carboxylic acids is 1. The predicted octanol–water partition coefficient (Wildman–Crippen LogP) is 2.59. The first kappa shape index (κ1) is 19.6. The van der Waals surface area contributed by atoms with Gasteiger partial charge in [-0.15, -0.1) is 0 Å². The lowest BCUT2D eigenvalue weighted by molar-refractivity contribution is -0.140. The third-order valence-electron chi connectivity index (χ3n) is 3.73. The second kappa shape index (κ2) is 7.68. The van der Waals surface area contributed by atoms with Crippen LogP contribution in [-0.4, -0.2) is 53.0 Å². The zero-order valence-electron chi connectivity index (χ0n) is 15.6. The number of likely N-dealkylation sites (tertiary alicyclic amines) is 1. The Balaban J connectivity index is 2.00. The van der Waals surface area contributed by atoms with Gasteiger partial charge in [-0.2, -0.15) is 0 Å². The van der Waals surface area contributed by atoms with Crippen molar-refractivity contribution in [2.75, 3.05) is 26.3 Å². The van der Waals surface area contributed by atoms with Crippen LogP contribution >= 0.6 is 0 Å². The van der Waals surface area contributed by atoms with E-state index in [2.05, 4.69) is 4.98 Å². The fraction of sp³-hybridized carbons (Fsp3) is 0.667. The molecule has 0 unspecified atom stereocenters. The number of hydrogen-bond acceptors (Lipinski definition) is 6. The minimum absolute atomic E-state index is 0.161. The number of aromatic nitrogens is 1. The summed E-state index contributed by atoms with van der Waals surface area (Å²) in [7, 11) is 0. The van der Waals surface area contributed by atoms with Crippen LogP contribution in [0.3, 0.4) is 0 Å². The Morgan fingerprint density at radius 1 is 1.28 bits per heavy atom. The Hall–Kier alpha value is -1.70. The van der Waals surface area contributed by atoms with Gasteiger partial charge >= 0.3 is 6.09 Å². The van der Waals surface area contributed by atoms with Gasteiger partial charge in [-0.1, -0.05) is 6.07 Å². The van der Waals surface area contributed by atoms with Crippen LogP contribution < -0.4 is 0 Å². The summed E-state index contributed by atoms with van der Waals surface area (Å²) in [6.07, 6.45) is 0.742. The number of aliphatic hydroxyl groups is 1. The Morgan fingerprint density at radius 3 is 2.32 bits per heavy atom. The molecule has 0 saturated carbocycles. The number of rotatable bonds is 6.